The molecule has 1 saturated carbocycles. The molecular formula is C20H31N3OS. The normalized spacial score (nSPS) is 20.2. The highest BCUT2D eigenvalue weighted by molar-refractivity contribution is 7.80. The van der Waals surface area contributed by atoms with Gasteiger partial charge in [-0.25, -0.2) is 0 Å². The molecule has 0 spiro atoms. The molecule has 1 aliphatic heterocycles. The van der Waals surface area contributed by atoms with Crippen molar-refractivity contribution in [2.75, 3.05) is 26.7 Å². The number of methoxy groups -OCH3 is 1. The summed E-state index contributed by atoms with van der Waals surface area (Å²) in [6.45, 7) is 3.11. The first kappa shape index (κ1) is 18.5. The van der Waals surface area contributed by atoms with E-state index in [4.69, 9.17) is 17.0 Å². The van der Waals surface area contributed by atoms with E-state index in [1.807, 2.05) is 6.07 Å². The van der Waals surface area contributed by atoms with Crippen LogP contribution in [0.1, 0.15) is 56.6 Å². The quantitative estimate of drug-likeness (QED) is 0.757. The van der Waals surface area contributed by atoms with Gasteiger partial charge in [-0.3, -0.25) is 4.90 Å². The smallest absolute Gasteiger partial charge is 0.166 e. The van der Waals surface area contributed by atoms with Crippen LogP contribution in [0, 0.1) is 0 Å². The monoisotopic (exact) mass is 361 g/mol. The SMILES string of the molecule is COc1ccccc1[C@H](CNC(=S)NC1CCCCC1)N1CCCC1. The number of thiocarbonyl (C=S) groups is 1. The summed E-state index contributed by atoms with van der Waals surface area (Å²) < 4.78 is 5.61. The van der Waals surface area contributed by atoms with Crippen LogP contribution < -0.4 is 15.4 Å². The van der Waals surface area contributed by atoms with Gasteiger partial charge in [-0.2, -0.15) is 0 Å². The summed E-state index contributed by atoms with van der Waals surface area (Å²) >= 11 is 5.57. The average molecular weight is 362 g/mol. The van der Waals surface area contributed by atoms with Gasteiger partial charge < -0.3 is 15.4 Å². The number of nitrogens with zero attached hydrogens (tertiary/aromatic N) is 1. The standard InChI is InChI=1S/C20H31N3OS/c1-24-19-12-6-5-11-17(19)18(23-13-7-8-14-23)15-21-20(25)22-16-9-3-2-4-10-16/h5-6,11-12,16,18H,2-4,7-10,13-15H2,1H3,(H2,21,22,25)/t18-/m0/s1. The minimum Gasteiger partial charge on any atom is -0.496 e. The van der Waals surface area contributed by atoms with Gasteiger partial charge in [0.15, 0.2) is 5.11 Å². The molecule has 1 saturated heterocycles. The summed E-state index contributed by atoms with van der Waals surface area (Å²) in [5, 5.41) is 7.79. The lowest BCUT2D eigenvalue weighted by molar-refractivity contribution is 0.239. The Bertz CT molecular complexity index is 554. The van der Waals surface area contributed by atoms with Crippen LogP contribution in [0.15, 0.2) is 24.3 Å². The number of benzene rings is 1. The number of para-hydroxylation sites is 1. The van der Waals surface area contributed by atoms with E-state index in [-0.39, 0.29) is 0 Å². The third-order valence-corrected chi connectivity index (χ3v) is 5.74. The molecule has 0 aromatic heterocycles. The van der Waals surface area contributed by atoms with Crippen molar-refractivity contribution >= 4 is 17.3 Å². The van der Waals surface area contributed by atoms with Gasteiger partial charge in [-0.15, -0.1) is 0 Å². The molecule has 1 aromatic rings. The number of nitrogens with one attached hydrogen (secondary N) is 2. The second-order valence-corrected chi connectivity index (χ2v) is 7.60. The number of hydrogen-bond acceptors (Lipinski definition) is 3. The van der Waals surface area contributed by atoms with E-state index in [2.05, 4.69) is 33.7 Å². The van der Waals surface area contributed by atoms with Crippen molar-refractivity contribution in [3.8, 4) is 5.75 Å². The second kappa shape index (κ2) is 9.39. The van der Waals surface area contributed by atoms with Crippen LogP contribution in [0.3, 0.4) is 0 Å². The summed E-state index contributed by atoms with van der Waals surface area (Å²) in [6.07, 6.45) is 9.03. The molecule has 1 atom stereocenters. The second-order valence-electron chi connectivity index (χ2n) is 7.19. The van der Waals surface area contributed by atoms with Crippen LogP contribution in [-0.2, 0) is 0 Å². The lowest BCUT2D eigenvalue weighted by atomic mass is 9.96. The predicted octanol–water partition coefficient (Wildman–Crippen LogP) is 3.63. The zero-order valence-corrected chi connectivity index (χ0v) is 16.1. The number of hydrogen-bond donors (Lipinski definition) is 2. The molecule has 0 bridgehead atoms. The van der Waals surface area contributed by atoms with E-state index in [9.17, 15) is 0 Å². The van der Waals surface area contributed by atoms with Gasteiger partial charge in [0.05, 0.1) is 13.2 Å². The van der Waals surface area contributed by atoms with Gasteiger partial charge in [-0.1, -0.05) is 37.5 Å². The van der Waals surface area contributed by atoms with Crippen LogP contribution in [0.4, 0.5) is 0 Å². The molecule has 25 heavy (non-hydrogen) atoms. The van der Waals surface area contributed by atoms with Gasteiger partial charge >= 0.3 is 0 Å². The van der Waals surface area contributed by atoms with Crippen molar-refractivity contribution in [1.82, 2.24) is 15.5 Å². The Balaban J connectivity index is 1.62. The van der Waals surface area contributed by atoms with Crippen LogP contribution in [0.5, 0.6) is 5.75 Å². The Kier molecular flexibility index (Phi) is 6.93. The van der Waals surface area contributed by atoms with E-state index in [1.165, 1.54) is 50.5 Å². The van der Waals surface area contributed by atoms with E-state index in [1.54, 1.807) is 7.11 Å². The van der Waals surface area contributed by atoms with Crippen molar-refractivity contribution in [3.63, 3.8) is 0 Å². The fourth-order valence-electron chi connectivity index (χ4n) is 4.10. The maximum absolute atomic E-state index is 5.61. The van der Waals surface area contributed by atoms with Crippen molar-refractivity contribution < 1.29 is 4.74 Å². The fraction of sp³-hybridized carbons (Fsp3) is 0.650. The summed E-state index contributed by atoms with van der Waals surface area (Å²) in [4.78, 5) is 2.55. The predicted molar refractivity (Wildman–Crippen MR) is 107 cm³/mol. The minimum atomic E-state index is 0.296. The molecule has 1 aromatic carbocycles. The van der Waals surface area contributed by atoms with E-state index in [0.29, 0.717) is 12.1 Å². The number of likely N-dealkylation sites (tertiary alicyclic amines) is 1. The summed E-state index contributed by atoms with van der Waals surface area (Å²) in [7, 11) is 1.75. The van der Waals surface area contributed by atoms with Crippen LogP contribution in [-0.4, -0.2) is 42.8 Å². The Hall–Kier alpha value is -1.33. The highest BCUT2D eigenvalue weighted by Crippen LogP contribution is 2.31. The Morgan fingerprint density at radius 2 is 1.88 bits per heavy atom. The molecule has 4 nitrogen and oxygen atoms in total. The number of rotatable bonds is 6. The highest BCUT2D eigenvalue weighted by atomic mass is 32.1. The lowest BCUT2D eigenvalue weighted by Crippen LogP contribution is -2.45. The third-order valence-electron chi connectivity index (χ3n) is 5.48. The van der Waals surface area contributed by atoms with Gasteiger partial charge in [0.1, 0.15) is 5.75 Å². The first-order valence-corrected chi connectivity index (χ1v) is 10.1. The molecular weight excluding hydrogens is 330 g/mol. The van der Waals surface area contributed by atoms with Crippen molar-refractivity contribution in [2.24, 2.45) is 0 Å². The van der Waals surface area contributed by atoms with Crippen molar-refractivity contribution in [1.29, 1.82) is 0 Å². The summed E-state index contributed by atoms with van der Waals surface area (Å²) in [6, 6.07) is 9.21. The third kappa shape index (κ3) is 5.08. The van der Waals surface area contributed by atoms with E-state index >= 15 is 0 Å². The highest BCUT2D eigenvalue weighted by Gasteiger charge is 2.26. The Morgan fingerprint density at radius 1 is 1.16 bits per heavy atom. The molecule has 5 heteroatoms. The molecule has 0 amide bonds. The molecule has 2 fully saturated rings. The zero-order valence-electron chi connectivity index (χ0n) is 15.3. The van der Waals surface area contributed by atoms with Gasteiger partial charge in [0.25, 0.3) is 0 Å². The van der Waals surface area contributed by atoms with Crippen molar-refractivity contribution in [3.05, 3.63) is 29.8 Å². The minimum absolute atomic E-state index is 0.296. The molecule has 2 N–H and O–H groups in total. The molecule has 3 rings (SSSR count). The van der Waals surface area contributed by atoms with E-state index < -0.39 is 0 Å². The van der Waals surface area contributed by atoms with Crippen LogP contribution in [0.2, 0.25) is 0 Å². The first-order chi connectivity index (χ1) is 12.3. The largest absolute Gasteiger partial charge is 0.496 e. The lowest BCUT2D eigenvalue weighted by Gasteiger charge is -2.30. The summed E-state index contributed by atoms with van der Waals surface area (Å²) in [5.74, 6) is 0.965. The average Bonchev–Trinajstić information content (AvgIpc) is 3.17. The topological polar surface area (TPSA) is 36.5 Å². The molecule has 1 heterocycles. The van der Waals surface area contributed by atoms with Gasteiger partial charge in [0.2, 0.25) is 0 Å². The number of ether oxygens (including phenoxy) is 1. The summed E-state index contributed by atoms with van der Waals surface area (Å²) in [5.41, 5.74) is 1.25. The maximum atomic E-state index is 5.61. The Labute approximate surface area is 157 Å². The molecule has 2 aliphatic rings. The molecule has 0 unspecified atom stereocenters. The van der Waals surface area contributed by atoms with Gasteiger partial charge in [-0.05, 0) is 57.1 Å². The fourth-order valence-corrected chi connectivity index (χ4v) is 4.35. The Morgan fingerprint density at radius 3 is 2.60 bits per heavy atom. The molecule has 138 valence electrons. The zero-order chi connectivity index (χ0) is 17.5. The molecule has 1 aliphatic carbocycles. The maximum Gasteiger partial charge on any atom is 0.166 e. The van der Waals surface area contributed by atoms with Gasteiger partial charge in [0, 0.05) is 18.2 Å². The van der Waals surface area contributed by atoms with Crippen molar-refractivity contribution in [2.45, 2.75) is 57.0 Å². The van der Waals surface area contributed by atoms with Crippen LogP contribution >= 0.6 is 12.2 Å². The van der Waals surface area contributed by atoms with Crippen LogP contribution in [0.25, 0.3) is 0 Å². The first-order valence-electron chi connectivity index (χ1n) is 9.69. The van der Waals surface area contributed by atoms with E-state index in [0.717, 1.165) is 30.5 Å². The molecule has 0 radical (unpaired) electrons.